The highest BCUT2D eigenvalue weighted by Gasteiger charge is 2.26. The second-order valence-electron chi connectivity index (χ2n) is 8.22. The van der Waals surface area contributed by atoms with E-state index in [1.165, 1.54) is 19.3 Å². The molecule has 6 nitrogen and oxygen atoms in total. The first-order valence-electron chi connectivity index (χ1n) is 11.3. The van der Waals surface area contributed by atoms with Crippen LogP contribution in [-0.4, -0.2) is 38.1 Å². The number of hydrogen-bond acceptors (Lipinski definition) is 4. The lowest BCUT2D eigenvalue weighted by Crippen LogP contribution is -2.48. The third-order valence-corrected chi connectivity index (χ3v) is 6.08. The van der Waals surface area contributed by atoms with E-state index >= 15 is 0 Å². The molecule has 1 aliphatic carbocycles. The summed E-state index contributed by atoms with van der Waals surface area (Å²) in [6.07, 6.45) is 6.50. The van der Waals surface area contributed by atoms with E-state index in [9.17, 15) is 9.59 Å². The Kier molecular flexibility index (Phi) is 9.23. The van der Waals surface area contributed by atoms with Gasteiger partial charge in [0.25, 0.3) is 5.91 Å². The van der Waals surface area contributed by atoms with E-state index in [-0.39, 0.29) is 11.8 Å². The molecule has 2 aromatic carbocycles. The predicted octanol–water partition coefficient (Wildman–Crippen LogP) is 4.65. The second kappa shape index (κ2) is 12.3. The van der Waals surface area contributed by atoms with Crippen molar-refractivity contribution in [2.24, 2.45) is 5.92 Å². The predicted molar refractivity (Wildman–Crippen MR) is 128 cm³/mol. The highest BCUT2D eigenvalue weighted by Crippen LogP contribution is 2.27. The third kappa shape index (κ3) is 7.45. The van der Waals surface area contributed by atoms with Crippen molar-refractivity contribution < 1.29 is 14.3 Å². The molecule has 0 heterocycles. The number of methoxy groups -OCH3 is 1. The van der Waals surface area contributed by atoms with Gasteiger partial charge < -0.3 is 20.7 Å². The Balaban J connectivity index is 1.54. The molecule has 1 aliphatic rings. The van der Waals surface area contributed by atoms with Crippen LogP contribution in [0.25, 0.3) is 0 Å². The fourth-order valence-corrected chi connectivity index (χ4v) is 4.27. The molecule has 3 N–H and O–H groups in total. The number of ether oxygens (including phenoxy) is 1. The third-order valence-electron chi connectivity index (χ3n) is 5.85. The van der Waals surface area contributed by atoms with Crippen LogP contribution in [0.1, 0.15) is 48.9 Å². The van der Waals surface area contributed by atoms with Crippen molar-refractivity contribution in [3.8, 4) is 5.75 Å². The van der Waals surface area contributed by atoms with Gasteiger partial charge in [0.2, 0.25) is 5.91 Å². The lowest BCUT2D eigenvalue weighted by atomic mass is 9.84. The first kappa shape index (κ1) is 23.9. The van der Waals surface area contributed by atoms with Crippen molar-refractivity contribution in [2.75, 3.05) is 25.5 Å². The number of carbonyl (C=O) groups is 2. The summed E-state index contributed by atoms with van der Waals surface area (Å²) in [5.41, 5.74) is 1.41. The highest BCUT2D eigenvalue weighted by molar-refractivity contribution is 6.31. The molecule has 172 valence electrons. The zero-order valence-corrected chi connectivity index (χ0v) is 19.3. The average molecular weight is 458 g/mol. The lowest BCUT2D eigenvalue weighted by Gasteiger charge is -2.26. The molecule has 1 atom stereocenters. The summed E-state index contributed by atoms with van der Waals surface area (Å²) < 4.78 is 5.16. The Morgan fingerprint density at radius 1 is 1.06 bits per heavy atom. The SMILES string of the molecule is COc1ccc(NCCNC(=O)[C@H](CC2CCCCC2)NC(=O)c2cccc(Cl)c2)cc1. The number of amides is 2. The van der Waals surface area contributed by atoms with E-state index in [0.29, 0.717) is 36.0 Å². The van der Waals surface area contributed by atoms with Gasteiger partial charge >= 0.3 is 0 Å². The van der Waals surface area contributed by atoms with Gasteiger partial charge in [-0.15, -0.1) is 0 Å². The van der Waals surface area contributed by atoms with Gasteiger partial charge in [0.15, 0.2) is 0 Å². The highest BCUT2D eigenvalue weighted by atomic mass is 35.5. The number of benzene rings is 2. The molecule has 3 rings (SSSR count). The van der Waals surface area contributed by atoms with Crippen molar-refractivity contribution in [3.63, 3.8) is 0 Å². The van der Waals surface area contributed by atoms with Crippen molar-refractivity contribution in [1.82, 2.24) is 10.6 Å². The number of hydrogen-bond donors (Lipinski definition) is 3. The number of nitrogens with one attached hydrogen (secondary N) is 3. The Bertz CT molecular complexity index is 882. The Morgan fingerprint density at radius 2 is 1.81 bits per heavy atom. The van der Waals surface area contributed by atoms with E-state index < -0.39 is 6.04 Å². The minimum absolute atomic E-state index is 0.150. The van der Waals surface area contributed by atoms with E-state index in [2.05, 4.69) is 16.0 Å². The smallest absolute Gasteiger partial charge is 0.251 e. The van der Waals surface area contributed by atoms with Crippen LogP contribution in [0.4, 0.5) is 5.69 Å². The summed E-state index contributed by atoms with van der Waals surface area (Å²) in [7, 11) is 1.63. The van der Waals surface area contributed by atoms with Crippen LogP contribution in [0.5, 0.6) is 5.75 Å². The topological polar surface area (TPSA) is 79.5 Å². The van der Waals surface area contributed by atoms with Crippen LogP contribution < -0.4 is 20.7 Å². The lowest BCUT2D eigenvalue weighted by molar-refractivity contribution is -0.123. The van der Waals surface area contributed by atoms with Gasteiger partial charge in [0.05, 0.1) is 7.11 Å². The van der Waals surface area contributed by atoms with Crippen molar-refractivity contribution in [3.05, 3.63) is 59.1 Å². The zero-order valence-electron chi connectivity index (χ0n) is 18.5. The maximum absolute atomic E-state index is 12.9. The molecule has 0 unspecified atom stereocenters. The Labute approximate surface area is 195 Å². The summed E-state index contributed by atoms with van der Waals surface area (Å²) in [6.45, 7) is 1.04. The minimum Gasteiger partial charge on any atom is -0.497 e. The molecule has 0 aromatic heterocycles. The molecule has 7 heteroatoms. The minimum atomic E-state index is -0.564. The first-order valence-corrected chi connectivity index (χ1v) is 11.6. The second-order valence-corrected chi connectivity index (χ2v) is 8.66. The number of carbonyl (C=O) groups excluding carboxylic acids is 2. The molecule has 32 heavy (non-hydrogen) atoms. The van der Waals surface area contributed by atoms with Gasteiger partial charge in [-0.3, -0.25) is 9.59 Å². The van der Waals surface area contributed by atoms with Crippen molar-refractivity contribution >= 4 is 29.1 Å². The molecule has 0 spiro atoms. The van der Waals surface area contributed by atoms with Crippen LogP contribution in [-0.2, 0) is 4.79 Å². The van der Waals surface area contributed by atoms with Gasteiger partial charge in [0, 0.05) is 29.4 Å². The Hall–Kier alpha value is -2.73. The fraction of sp³-hybridized carbons (Fsp3) is 0.440. The van der Waals surface area contributed by atoms with E-state index in [1.807, 2.05) is 24.3 Å². The normalized spacial score (nSPS) is 14.9. The van der Waals surface area contributed by atoms with Gasteiger partial charge in [-0.05, 0) is 54.8 Å². The largest absolute Gasteiger partial charge is 0.497 e. The molecule has 0 saturated heterocycles. The summed E-state index contributed by atoms with van der Waals surface area (Å²) in [4.78, 5) is 25.7. The van der Waals surface area contributed by atoms with Gasteiger partial charge in [-0.1, -0.05) is 49.8 Å². The number of anilines is 1. The van der Waals surface area contributed by atoms with Crippen LogP contribution in [0.2, 0.25) is 5.02 Å². The summed E-state index contributed by atoms with van der Waals surface area (Å²) in [5.74, 6) is 0.823. The maximum Gasteiger partial charge on any atom is 0.251 e. The molecule has 2 aromatic rings. The van der Waals surface area contributed by atoms with E-state index in [1.54, 1.807) is 31.4 Å². The van der Waals surface area contributed by atoms with E-state index in [4.69, 9.17) is 16.3 Å². The summed E-state index contributed by atoms with van der Waals surface area (Å²) >= 11 is 6.02. The molecular formula is C25H32ClN3O3. The van der Waals surface area contributed by atoms with Crippen molar-refractivity contribution in [1.29, 1.82) is 0 Å². The quantitative estimate of drug-likeness (QED) is 0.454. The number of rotatable bonds is 10. The molecule has 0 radical (unpaired) electrons. The first-order chi connectivity index (χ1) is 15.5. The monoisotopic (exact) mass is 457 g/mol. The van der Waals surface area contributed by atoms with E-state index in [0.717, 1.165) is 24.3 Å². The Morgan fingerprint density at radius 3 is 2.50 bits per heavy atom. The van der Waals surface area contributed by atoms with Gasteiger partial charge in [-0.2, -0.15) is 0 Å². The van der Waals surface area contributed by atoms with Crippen LogP contribution in [0.3, 0.4) is 0 Å². The molecular weight excluding hydrogens is 426 g/mol. The molecule has 1 fully saturated rings. The fourth-order valence-electron chi connectivity index (χ4n) is 4.08. The molecule has 2 amide bonds. The maximum atomic E-state index is 12.9. The standard InChI is InChI=1S/C25H32ClN3O3/c1-32-22-12-10-21(11-13-22)27-14-15-28-25(31)23(16-18-6-3-2-4-7-18)29-24(30)19-8-5-9-20(26)17-19/h5,8-13,17-18,23,27H,2-4,6-7,14-16H2,1H3,(H,28,31)(H,29,30)/t23-/m0/s1. The zero-order chi connectivity index (χ0) is 22.8. The van der Waals surface area contributed by atoms with Crippen molar-refractivity contribution in [2.45, 2.75) is 44.6 Å². The average Bonchev–Trinajstić information content (AvgIpc) is 2.82. The molecule has 0 aliphatic heterocycles. The molecule has 1 saturated carbocycles. The van der Waals surface area contributed by atoms with Crippen LogP contribution >= 0.6 is 11.6 Å². The van der Waals surface area contributed by atoms with Gasteiger partial charge in [0.1, 0.15) is 11.8 Å². The number of halogens is 1. The summed E-state index contributed by atoms with van der Waals surface area (Å²) in [6, 6.07) is 13.8. The summed E-state index contributed by atoms with van der Waals surface area (Å²) in [5, 5.41) is 9.67. The van der Waals surface area contributed by atoms with Gasteiger partial charge in [-0.25, -0.2) is 0 Å². The van der Waals surface area contributed by atoms with Crippen LogP contribution in [0, 0.1) is 5.92 Å². The van der Waals surface area contributed by atoms with Crippen LogP contribution in [0.15, 0.2) is 48.5 Å². The molecule has 0 bridgehead atoms.